The monoisotopic (exact) mass is 309 g/mol. The third-order valence-electron chi connectivity index (χ3n) is 3.39. The minimum absolute atomic E-state index is 0.0497. The molecule has 5 nitrogen and oxygen atoms in total. The molecule has 0 amide bonds. The summed E-state index contributed by atoms with van der Waals surface area (Å²) < 4.78 is 26.7. The van der Waals surface area contributed by atoms with E-state index in [-0.39, 0.29) is 11.5 Å². The lowest BCUT2D eigenvalue weighted by Gasteiger charge is -2.29. The van der Waals surface area contributed by atoms with Gasteiger partial charge in [-0.15, -0.1) is 0 Å². The number of hydrogen-bond acceptors (Lipinski definition) is 4. The number of aliphatic hydroxyl groups excluding tert-OH is 2. The van der Waals surface area contributed by atoms with Gasteiger partial charge < -0.3 is 10.2 Å². The molecule has 114 valence electrons. The lowest BCUT2D eigenvalue weighted by molar-refractivity contribution is 0.113. The first-order valence-electron chi connectivity index (χ1n) is 6.92. The average Bonchev–Trinajstić information content (AvgIpc) is 2.48. The van der Waals surface area contributed by atoms with Gasteiger partial charge in [-0.1, -0.05) is 24.0 Å². The molecule has 1 aliphatic rings. The van der Waals surface area contributed by atoms with E-state index in [4.69, 9.17) is 5.11 Å². The average molecular weight is 309 g/mol. The van der Waals surface area contributed by atoms with Gasteiger partial charge in [-0.25, -0.2) is 8.42 Å². The lowest BCUT2D eigenvalue weighted by atomic mass is 10.1. The van der Waals surface area contributed by atoms with E-state index in [9.17, 15) is 13.5 Å². The standard InChI is InChI=1S/C15H19NO4S/c17-12-4-3-6-13-5-1-2-7-15(13)21(19,20)16-10-8-14(18)9-11-16/h1-2,5,7,14,17-18H,4,8-12H2. The molecule has 1 aliphatic heterocycles. The second-order valence-corrected chi connectivity index (χ2v) is 6.81. The summed E-state index contributed by atoms with van der Waals surface area (Å²) in [5.41, 5.74) is 0.442. The highest BCUT2D eigenvalue weighted by Gasteiger charge is 2.29. The van der Waals surface area contributed by atoms with Crippen molar-refractivity contribution in [2.24, 2.45) is 0 Å². The van der Waals surface area contributed by atoms with Gasteiger partial charge in [-0.2, -0.15) is 4.31 Å². The Morgan fingerprint density at radius 1 is 1.24 bits per heavy atom. The SMILES string of the molecule is O=S(=O)(c1ccccc1C#CCCO)N1CCC(O)CC1. The Morgan fingerprint density at radius 2 is 1.90 bits per heavy atom. The Labute approximate surface area is 125 Å². The van der Waals surface area contributed by atoms with Gasteiger partial charge in [-0.05, 0) is 25.0 Å². The van der Waals surface area contributed by atoms with Crippen LogP contribution in [0, 0.1) is 11.8 Å². The summed E-state index contributed by atoms with van der Waals surface area (Å²) >= 11 is 0. The van der Waals surface area contributed by atoms with Crippen LogP contribution in [0.2, 0.25) is 0 Å². The third-order valence-corrected chi connectivity index (χ3v) is 5.34. The highest BCUT2D eigenvalue weighted by atomic mass is 32.2. The number of piperidine rings is 1. The summed E-state index contributed by atoms with van der Waals surface area (Å²) in [6, 6.07) is 6.62. The van der Waals surface area contributed by atoms with Crippen molar-refractivity contribution in [1.29, 1.82) is 0 Å². The molecular formula is C15H19NO4S. The van der Waals surface area contributed by atoms with E-state index >= 15 is 0 Å². The second kappa shape index (κ2) is 7.05. The van der Waals surface area contributed by atoms with Crippen LogP contribution in [0.3, 0.4) is 0 Å². The maximum atomic E-state index is 12.7. The van der Waals surface area contributed by atoms with E-state index in [0.29, 0.717) is 37.9 Å². The lowest BCUT2D eigenvalue weighted by Crippen LogP contribution is -2.40. The second-order valence-electron chi connectivity index (χ2n) is 4.91. The van der Waals surface area contributed by atoms with Gasteiger partial charge in [0, 0.05) is 25.1 Å². The summed E-state index contributed by atoms with van der Waals surface area (Å²) in [6.45, 7) is 0.593. The highest BCUT2D eigenvalue weighted by Crippen LogP contribution is 2.23. The van der Waals surface area contributed by atoms with Crippen molar-refractivity contribution in [3.05, 3.63) is 29.8 Å². The van der Waals surface area contributed by atoms with Crippen LogP contribution in [0.15, 0.2) is 29.2 Å². The van der Waals surface area contributed by atoms with E-state index < -0.39 is 16.1 Å². The van der Waals surface area contributed by atoms with Gasteiger partial charge in [0.25, 0.3) is 0 Å². The predicted octanol–water partition coefficient (Wildman–Crippen LogP) is 0.566. The minimum atomic E-state index is -3.60. The van der Waals surface area contributed by atoms with Gasteiger partial charge in [0.2, 0.25) is 10.0 Å². The molecule has 2 rings (SSSR count). The molecule has 21 heavy (non-hydrogen) atoms. The van der Waals surface area contributed by atoms with Gasteiger partial charge in [0.05, 0.1) is 17.6 Å². The largest absolute Gasteiger partial charge is 0.395 e. The van der Waals surface area contributed by atoms with E-state index in [1.807, 2.05) is 0 Å². The maximum Gasteiger partial charge on any atom is 0.244 e. The van der Waals surface area contributed by atoms with E-state index in [1.165, 1.54) is 4.31 Å². The van der Waals surface area contributed by atoms with Crippen LogP contribution in [0.1, 0.15) is 24.8 Å². The Balaban J connectivity index is 2.30. The summed E-state index contributed by atoms with van der Waals surface area (Å²) in [7, 11) is -3.60. The van der Waals surface area contributed by atoms with Crippen LogP contribution in [-0.4, -0.2) is 48.7 Å². The van der Waals surface area contributed by atoms with Crippen LogP contribution in [0.4, 0.5) is 0 Å². The van der Waals surface area contributed by atoms with Crippen LogP contribution in [-0.2, 0) is 10.0 Å². The number of sulfonamides is 1. The zero-order valence-corrected chi connectivity index (χ0v) is 12.5. The van der Waals surface area contributed by atoms with Crippen molar-refractivity contribution in [1.82, 2.24) is 4.31 Å². The van der Waals surface area contributed by atoms with Crippen LogP contribution < -0.4 is 0 Å². The maximum absolute atomic E-state index is 12.7. The minimum Gasteiger partial charge on any atom is -0.395 e. The Bertz CT molecular complexity index is 637. The van der Waals surface area contributed by atoms with Crippen LogP contribution in [0.25, 0.3) is 0 Å². The van der Waals surface area contributed by atoms with E-state index in [2.05, 4.69) is 11.8 Å². The van der Waals surface area contributed by atoms with E-state index in [1.54, 1.807) is 24.3 Å². The van der Waals surface area contributed by atoms with Gasteiger partial charge in [-0.3, -0.25) is 0 Å². The zero-order chi connectivity index (χ0) is 15.3. The number of rotatable bonds is 3. The van der Waals surface area contributed by atoms with Gasteiger partial charge >= 0.3 is 0 Å². The van der Waals surface area contributed by atoms with Crippen molar-refractivity contribution < 1.29 is 18.6 Å². The smallest absolute Gasteiger partial charge is 0.244 e. The first-order valence-corrected chi connectivity index (χ1v) is 8.36. The number of aliphatic hydroxyl groups is 2. The molecule has 1 aromatic rings. The molecule has 0 saturated carbocycles. The molecule has 0 bridgehead atoms. The van der Waals surface area contributed by atoms with Crippen molar-refractivity contribution in [3.63, 3.8) is 0 Å². The Hall–Kier alpha value is -1.39. The number of nitrogens with zero attached hydrogens (tertiary/aromatic N) is 1. The summed E-state index contributed by atoms with van der Waals surface area (Å²) in [5.74, 6) is 5.55. The molecule has 1 heterocycles. The highest BCUT2D eigenvalue weighted by molar-refractivity contribution is 7.89. The van der Waals surface area contributed by atoms with Crippen LogP contribution >= 0.6 is 0 Å². The molecule has 0 aliphatic carbocycles. The molecule has 1 saturated heterocycles. The summed E-state index contributed by atoms with van der Waals surface area (Å²) in [6.07, 6.45) is 0.801. The van der Waals surface area contributed by atoms with Crippen molar-refractivity contribution in [2.75, 3.05) is 19.7 Å². The van der Waals surface area contributed by atoms with Crippen molar-refractivity contribution >= 4 is 10.0 Å². The molecule has 0 unspecified atom stereocenters. The Kier molecular flexibility index (Phi) is 5.37. The molecular weight excluding hydrogens is 290 g/mol. The topological polar surface area (TPSA) is 77.8 Å². The number of benzene rings is 1. The fourth-order valence-electron chi connectivity index (χ4n) is 2.23. The molecule has 0 aromatic heterocycles. The molecule has 0 atom stereocenters. The third kappa shape index (κ3) is 3.83. The van der Waals surface area contributed by atoms with Gasteiger partial charge in [0.15, 0.2) is 0 Å². The molecule has 1 fully saturated rings. The quantitative estimate of drug-likeness (QED) is 0.800. The summed E-state index contributed by atoms with van der Waals surface area (Å²) in [5, 5.41) is 18.2. The molecule has 2 N–H and O–H groups in total. The normalized spacial score (nSPS) is 17.2. The molecule has 6 heteroatoms. The fraction of sp³-hybridized carbons (Fsp3) is 0.467. The predicted molar refractivity (Wildman–Crippen MR) is 79.0 cm³/mol. The van der Waals surface area contributed by atoms with E-state index in [0.717, 1.165) is 0 Å². The van der Waals surface area contributed by atoms with Crippen LogP contribution in [0.5, 0.6) is 0 Å². The zero-order valence-electron chi connectivity index (χ0n) is 11.7. The number of hydrogen-bond donors (Lipinski definition) is 2. The summed E-state index contributed by atoms with van der Waals surface area (Å²) in [4.78, 5) is 0.187. The van der Waals surface area contributed by atoms with Gasteiger partial charge in [0.1, 0.15) is 0 Å². The first kappa shape index (κ1) is 16.0. The fourth-order valence-corrected chi connectivity index (χ4v) is 3.85. The Morgan fingerprint density at radius 3 is 2.57 bits per heavy atom. The molecule has 0 spiro atoms. The van der Waals surface area contributed by atoms with Crippen molar-refractivity contribution in [2.45, 2.75) is 30.3 Å². The van der Waals surface area contributed by atoms with Crippen molar-refractivity contribution in [3.8, 4) is 11.8 Å². The molecule has 1 aromatic carbocycles. The molecule has 0 radical (unpaired) electrons. The first-order chi connectivity index (χ1) is 10.1.